The van der Waals surface area contributed by atoms with Crippen LogP contribution in [0.4, 0.5) is 0 Å². The van der Waals surface area contributed by atoms with Crippen LogP contribution in [-0.2, 0) is 5.41 Å². The lowest BCUT2D eigenvalue weighted by Gasteiger charge is -2.17. The molecule has 0 amide bonds. The number of aliphatic hydroxyl groups excluding tert-OH is 1. The van der Waals surface area contributed by atoms with Gasteiger partial charge in [-0.25, -0.2) is 4.98 Å². The van der Waals surface area contributed by atoms with E-state index in [2.05, 4.69) is 38.1 Å². The zero-order valence-corrected chi connectivity index (χ0v) is 12.1. The molecule has 0 unspecified atom stereocenters. The number of aromatic nitrogens is 1. The van der Waals surface area contributed by atoms with Crippen LogP contribution in [0.5, 0.6) is 0 Å². The normalized spacial score (nSPS) is 11.8. The molecule has 0 radical (unpaired) electrons. The van der Waals surface area contributed by atoms with Crippen LogP contribution in [0.2, 0.25) is 0 Å². The Labute approximate surface area is 112 Å². The second-order valence-electron chi connectivity index (χ2n) is 5.34. The van der Waals surface area contributed by atoms with Gasteiger partial charge in [-0.1, -0.05) is 37.6 Å². The SMILES string of the molecule is Cc1cccc(-c2nc(C(C)(C)CO)sc2C)c1. The first kappa shape index (κ1) is 13.2. The molecule has 0 bridgehead atoms. The molecule has 0 saturated heterocycles. The predicted octanol–water partition coefficient (Wildman–Crippen LogP) is 3.70. The zero-order chi connectivity index (χ0) is 13.3. The van der Waals surface area contributed by atoms with Crippen molar-refractivity contribution >= 4 is 11.3 Å². The molecule has 18 heavy (non-hydrogen) atoms. The summed E-state index contributed by atoms with van der Waals surface area (Å²) in [6.45, 7) is 8.33. The van der Waals surface area contributed by atoms with Crippen LogP contribution in [0.25, 0.3) is 11.3 Å². The number of thiazole rings is 1. The highest BCUT2D eigenvalue weighted by Crippen LogP contribution is 2.34. The molecule has 0 aliphatic heterocycles. The Morgan fingerprint density at radius 1 is 1.28 bits per heavy atom. The molecule has 1 aromatic heterocycles. The van der Waals surface area contributed by atoms with E-state index in [1.807, 2.05) is 13.8 Å². The van der Waals surface area contributed by atoms with Crippen molar-refractivity contribution < 1.29 is 5.11 Å². The van der Waals surface area contributed by atoms with Crippen molar-refractivity contribution in [2.75, 3.05) is 6.61 Å². The number of rotatable bonds is 3. The number of benzene rings is 1. The van der Waals surface area contributed by atoms with Gasteiger partial charge in [-0.05, 0) is 19.9 Å². The summed E-state index contributed by atoms with van der Waals surface area (Å²) in [5, 5.41) is 10.4. The van der Waals surface area contributed by atoms with Crippen molar-refractivity contribution in [3.8, 4) is 11.3 Å². The van der Waals surface area contributed by atoms with Gasteiger partial charge in [0.1, 0.15) is 5.01 Å². The molecule has 2 aromatic rings. The van der Waals surface area contributed by atoms with E-state index in [0.717, 1.165) is 16.3 Å². The van der Waals surface area contributed by atoms with Gasteiger partial charge in [0.25, 0.3) is 0 Å². The van der Waals surface area contributed by atoms with Gasteiger partial charge in [0.2, 0.25) is 0 Å². The van der Waals surface area contributed by atoms with Crippen molar-refractivity contribution in [2.45, 2.75) is 33.1 Å². The summed E-state index contributed by atoms with van der Waals surface area (Å²) >= 11 is 1.68. The van der Waals surface area contributed by atoms with Crippen molar-refractivity contribution in [1.29, 1.82) is 0 Å². The fourth-order valence-corrected chi connectivity index (χ4v) is 2.84. The fraction of sp³-hybridized carbons (Fsp3) is 0.400. The van der Waals surface area contributed by atoms with Gasteiger partial charge in [-0.2, -0.15) is 0 Å². The van der Waals surface area contributed by atoms with Crippen molar-refractivity contribution in [3.63, 3.8) is 0 Å². The predicted molar refractivity (Wildman–Crippen MR) is 77.1 cm³/mol. The monoisotopic (exact) mass is 261 g/mol. The van der Waals surface area contributed by atoms with E-state index in [0.29, 0.717) is 0 Å². The Morgan fingerprint density at radius 2 is 2.00 bits per heavy atom. The number of hydrogen-bond acceptors (Lipinski definition) is 3. The lowest BCUT2D eigenvalue weighted by molar-refractivity contribution is 0.218. The van der Waals surface area contributed by atoms with Crippen LogP contribution in [0.1, 0.15) is 29.3 Å². The summed E-state index contributed by atoms with van der Waals surface area (Å²) in [6.07, 6.45) is 0. The molecular weight excluding hydrogens is 242 g/mol. The topological polar surface area (TPSA) is 33.1 Å². The van der Waals surface area contributed by atoms with E-state index in [4.69, 9.17) is 4.98 Å². The molecule has 2 rings (SSSR count). The van der Waals surface area contributed by atoms with Crippen LogP contribution < -0.4 is 0 Å². The number of aliphatic hydroxyl groups is 1. The third-order valence-corrected chi connectivity index (χ3v) is 4.40. The lowest BCUT2D eigenvalue weighted by Crippen LogP contribution is -2.21. The maximum Gasteiger partial charge on any atom is 0.101 e. The minimum absolute atomic E-state index is 0.118. The van der Waals surface area contributed by atoms with E-state index < -0.39 is 0 Å². The van der Waals surface area contributed by atoms with Gasteiger partial charge in [0.15, 0.2) is 0 Å². The number of hydrogen-bond donors (Lipinski definition) is 1. The van der Waals surface area contributed by atoms with Gasteiger partial charge in [-0.3, -0.25) is 0 Å². The van der Waals surface area contributed by atoms with Crippen LogP contribution >= 0.6 is 11.3 Å². The first-order valence-corrected chi connectivity index (χ1v) is 6.91. The quantitative estimate of drug-likeness (QED) is 0.914. The van der Waals surface area contributed by atoms with E-state index >= 15 is 0 Å². The van der Waals surface area contributed by atoms with Gasteiger partial charge >= 0.3 is 0 Å². The molecule has 2 nitrogen and oxygen atoms in total. The molecule has 0 fully saturated rings. The summed E-state index contributed by atoms with van der Waals surface area (Å²) in [7, 11) is 0. The largest absolute Gasteiger partial charge is 0.395 e. The standard InChI is InChI=1S/C15H19NOS/c1-10-6-5-7-12(8-10)13-11(2)18-14(16-13)15(3,4)9-17/h5-8,17H,9H2,1-4H3. The average Bonchev–Trinajstić information content (AvgIpc) is 2.72. The molecular formula is C15H19NOS. The summed E-state index contributed by atoms with van der Waals surface area (Å²) in [5.41, 5.74) is 3.17. The first-order chi connectivity index (χ1) is 8.44. The van der Waals surface area contributed by atoms with E-state index in [-0.39, 0.29) is 12.0 Å². The maximum absolute atomic E-state index is 9.43. The minimum Gasteiger partial charge on any atom is -0.395 e. The molecule has 3 heteroatoms. The second kappa shape index (κ2) is 4.82. The molecule has 1 N–H and O–H groups in total. The fourth-order valence-electron chi connectivity index (χ4n) is 1.81. The van der Waals surface area contributed by atoms with Gasteiger partial charge in [0, 0.05) is 15.9 Å². The molecule has 0 spiro atoms. The summed E-state index contributed by atoms with van der Waals surface area (Å²) in [5.74, 6) is 0. The summed E-state index contributed by atoms with van der Waals surface area (Å²) in [4.78, 5) is 5.93. The molecule has 0 atom stereocenters. The summed E-state index contributed by atoms with van der Waals surface area (Å²) < 4.78 is 0. The zero-order valence-electron chi connectivity index (χ0n) is 11.3. The summed E-state index contributed by atoms with van der Waals surface area (Å²) in [6, 6.07) is 8.38. The highest BCUT2D eigenvalue weighted by molar-refractivity contribution is 7.12. The van der Waals surface area contributed by atoms with Crippen LogP contribution in [0.15, 0.2) is 24.3 Å². The Bertz CT molecular complexity index is 557. The van der Waals surface area contributed by atoms with E-state index in [9.17, 15) is 5.11 Å². The van der Waals surface area contributed by atoms with E-state index in [1.54, 1.807) is 11.3 Å². The van der Waals surface area contributed by atoms with Crippen LogP contribution in [-0.4, -0.2) is 16.7 Å². The van der Waals surface area contributed by atoms with Crippen molar-refractivity contribution in [1.82, 2.24) is 4.98 Å². The first-order valence-electron chi connectivity index (χ1n) is 6.10. The highest BCUT2D eigenvalue weighted by Gasteiger charge is 2.25. The van der Waals surface area contributed by atoms with E-state index in [1.165, 1.54) is 10.4 Å². The third-order valence-electron chi connectivity index (χ3n) is 3.06. The van der Waals surface area contributed by atoms with Gasteiger partial charge < -0.3 is 5.11 Å². The second-order valence-corrected chi connectivity index (χ2v) is 6.54. The number of nitrogens with zero attached hydrogens (tertiary/aromatic N) is 1. The number of aryl methyl sites for hydroxylation is 2. The molecule has 96 valence electrons. The third kappa shape index (κ3) is 2.47. The highest BCUT2D eigenvalue weighted by atomic mass is 32.1. The Balaban J connectivity index is 2.48. The van der Waals surface area contributed by atoms with Crippen molar-refractivity contribution in [2.24, 2.45) is 0 Å². The molecule has 1 heterocycles. The molecule has 1 aromatic carbocycles. The molecule has 0 aliphatic carbocycles. The molecule has 0 aliphatic rings. The average molecular weight is 261 g/mol. The van der Waals surface area contributed by atoms with Crippen LogP contribution in [0, 0.1) is 13.8 Å². The Hall–Kier alpha value is -1.19. The Morgan fingerprint density at radius 3 is 2.61 bits per heavy atom. The van der Waals surface area contributed by atoms with Gasteiger partial charge in [0.05, 0.1) is 12.3 Å². The molecule has 0 saturated carbocycles. The minimum atomic E-state index is -0.266. The van der Waals surface area contributed by atoms with Gasteiger partial charge in [-0.15, -0.1) is 11.3 Å². The maximum atomic E-state index is 9.43. The Kier molecular flexibility index (Phi) is 3.55. The van der Waals surface area contributed by atoms with Crippen LogP contribution in [0.3, 0.4) is 0 Å². The lowest BCUT2D eigenvalue weighted by atomic mass is 9.96. The van der Waals surface area contributed by atoms with Crippen molar-refractivity contribution in [3.05, 3.63) is 39.7 Å². The smallest absolute Gasteiger partial charge is 0.101 e.